The van der Waals surface area contributed by atoms with Gasteiger partial charge in [-0.1, -0.05) is 11.2 Å². The third kappa shape index (κ3) is 6.40. The van der Waals surface area contributed by atoms with Crippen molar-refractivity contribution in [2.75, 3.05) is 24.2 Å². The molecule has 0 aliphatic rings. The van der Waals surface area contributed by atoms with Crippen LogP contribution in [0.5, 0.6) is 0 Å². The molecule has 1 unspecified atom stereocenters. The smallest absolute Gasteiger partial charge is 0.371 e. The second-order valence-electron chi connectivity index (χ2n) is 8.91. The molecule has 0 fully saturated rings. The number of imide groups is 1. The number of aldehydes is 1. The highest BCUT2D eigenvalue weighted by Crippen LogP contribution is 2.33. The van der Waals surface area contributed by atoms with Crippen molar-refractivity contribution >= 4 is 30.2 Å². The molecular formula is C26H25F3N8O4. The lowest BCUT2D eigenvalue weighted by Crippen LogP contribution is -2.33. The highest BCUT2D eigenvalue weighted by Gasteiger charge is 2.33. The minimum Gasteiger partial charge on any atom is -0.371 e. The number of alkyl halides is 3. The molecule has 15 heteroatoms. The first kappa shape index (κ1) is 28.9. The van der Waals surface area contributed by atoms with Gasteiger partial charge < -0.3 is 24.5 Å². The average Bonchev–Trinajstić information content (AvgIpc) is 3.57. The summed E-state index contributed by atoms with van der Waals surface area (Å²) in [6.07, 6.45) is -1.06. The van der Waals surface area contributed by atoms with Crippen LogP contribution in [0, 0.1) is 13.8 Å². The third-order valence-electron chi connectivity index (χ3n) is 6.07. The average molecular weight is 571 g/mol. The first-order valence-corrected chi connectivity index (χ1v) is 12.2. The molecule has 4 rings (SSSR count). The van der Waals surface area contributed by atoms with Crippen LogP contribution >= 0.6 is 0 Å². The van der Waals surface area contributed by atoms with Gasteiger partial charge in [0.25, 0.3) is 5.91 Å². The van der Waals surface area contributed by atoms with Gasteiger partial charge in [0, 0.05) is 37.1 Å². The Hall–Kier alpha value is -5.08. The fourth-order valence-corrected chi connectivity index (χ4v) is 4.04. The molecule has 0 bridgehead atoms. The number of aromatic nitrogens is 5. The van der Waals surface area contributed by atoms with Crippen molar-refractivity contribution in [2.24, 2.45) is 0 Å². The maximum absolute atomic E-state index is 13.4. The Balaban J connectivity index is 1.56. The van der Waals surface area contributed by atoms with Crippen LogP contribution in [0.4, 0.5) is 24.8 Å². The van der Waals surface area contributed by atoms with E-state index >= 15 is 0 Å². The van der Waals surface area contributed by atoms with E-state index in [1.165, 1.54) is 37.1 Å². The summed E-state index contributed by atoms with van der Waals surface area (Å²) in [5.41, 5.74) is -0.319. The number of nitrogens with one attached hydrogen (secondary N) is 2. The normalized spacial score (nSPS) is 12.0. The van der Waals surface area contributed by atoms with Crippen molar-refractivity contribution in [2.45, 2.75) is 32.6 Å². The SMILES string of the molecule is CNc1ncn(C(C=O)CNc2cccc(-c3cnc(C)c(C(F)(F)F)c3)n2)c1C(=O)N(C=O)Cc1cc(C)on1. The molecule has 41 heavy (non-hydrogen) atoms. The number of hydrogen-bond donors (Lipinski definition) is 2. The van der Waals surface area contributed by atoms with Crippen molar-refractivity contribution in [3.63, 3.8) is 0 Å². The van der Waals surface area contributed by atoms with E-state index in [1.54, 1.807) is 25.1 Å². The summed E-state index contributed by atoms with van der Waals surface area (Å²) in [5, 5.41) is 9.54. The number of carbonyl (C=O) groups is 3. The number of nitrogens with zero attached hydrogens (tertiary/aromatic N) is 6. The number of anilines is 2. The Morgan fingerprint density at radius 3 is 2.61 bits per heavy atom. The quantitative estimate of drug-likeness (QED) is 0.256. The molecule has 0 saturated heterocycles. The summed E-state index contributed by atoms with van der Waals surface area (Å²) >= 11 is 0. The van der Waals surface area contributed by atoms with Gasteiger partial charge in [-0.05, 0) is 32.0 Å². The fraction of sp³-hybridized carbons (Fsp3) is 0.269. The van der Waals surface area contributed by atoms with Gasteiger partial charge in [0.05, 0.1) is 24.1 Å². The number of amides is 2. The van der Waals surface area contributed by atoms with Crippen molar-refractivity contribution in [3.8, 4) is 11.3 Å². The van der Waals surface area contributed by atoms with Crippen LogP contribution in [0.3, 0.4) is 0 Å². The Morgan fingerprint density at radius 1 is 1.20 bits per heavy atom. The van der Waals surface area contributed by atoms with Crippen molar-refractivity contribution in [1.29, 1.82) is 0 Å². The van der Waals surface area contributed by atoms with Gasteiger partial charge in [0.15, 0.2) is 11.5 Å². The Kier molecular flexibility index (Phi) is 8.45. The Bertz CT molecular complexity index is 1570. The molecule has 214 valence electrons. The van der Waals surface area contributed by atoms with Gasteiger partial charge in [-0.3, -0.25) is 19.5 Å². The summed E-state index contributed by atoms with van der Waals surface area (Å²) < 4.78 is 46.4. The molecule has 2 amide bonds. The standard InChI is InChI=1S/C26H25F3N8O4/c1-15-7-18(35-41-15)11-36(14-39)25(40)23-24(30-3)33-13-37(23)19(12-38)10-32-22-6-4-5-21(34-22)17-8-20(26(27,28)29)16(2)31-9-17/h4-9,12-14,19,30H,10-11H2,1-3H3,(H,32,34). The molecule has 0 radical (unpaired) electrons. The highest BCUT2D eigenvalue weighted by atomic mass is 19.4. The molecule has 4 heterocycles. The number of halogens is 3. The van der Waals surface area contributed by atoms with Crippen molar-refractivity contribution < 1.29 is 32.1 Å². The predicted octanol–water partition coefficient (Wildman–Crippen LogP) is 3.66. The fourth-order valence-electron chi connectivity index (χ4n) is 4.04. The molecule has 0 spiro atoms. The van der Waals surface area contributed by atoms with Gasteiger partial charge >= 0.3 is 6.18 Å². The molecule has 0 saturated carbocycles. The van der Waals surface area contributed by atoms with Crippen LogP contribution in [-0.4, -0.2) is 61.8 Å². The molecule has 0 aliphatic carbocycles. The van der Waals surface area contributed by atoms with Crippen LogP contribution < -0.4 is 10.6 Å². The molecule has 1 atom stereocenters. The zero-order chi connectivity index (χ0) is 29.7. The highest BCUT2D eigenvalue weighted by molar-refractivity contribution is 6.02. The van der Waals surface area contributed by atoms with Crippen LogP contribution in [0.25, 0.3) is 11.3 Å². The van der Waals surface area contributed by atoms with Gasteiger partial charge in [-0.2, -0.15) is 13.2 Å². The second-order valence-corrected chi connectivity index (χ2v) is 8.91. The zero-order valence-corrected chi connectivity index (χ0v) is 22.1. The van der Waals surface area contributed by atoms with E-state index in [-0.39, 0.29) is 47.4 Å². The summed E-state index contributed by atoms with van der Waals surface area (Å²) in [7, 11) is 1.53. The largest absolute Gasteiger partial charge is 0.418 e. The summed E-state index contributed by atoms with van der Waals surface area (Å²) in [5.74, 6) is 0.170. The first-order valence-electron chi connectivity index (χ1n) is 12.2. The summed E-state index contributed by atoms with van der Waals surface area (Å²) in [6, 6.07) is 6.28. The molecule has 2 N–H and O–H groups in total. The van der Waals surface area contributed by atoms with Gasteiger partial charge in [0.2, 0.25) is 6.41 Å². The predicted molar refractivity (Wildman–Crippen MR) is 140 cm³/mol. The number of imidazole rings is 1. The maximum Gasteiger partial charge on any atom is 0.418 e. The Labute approximate surface area is 231 Å². The number of hydrogen-bond acceptors (Lipinski definition) is 10. The molecule has 4 aromatic heterocycles. The van der Waals surface area contributed by atoms with E-state index in [2.05, 4.69) is 30.7 Å². The second kappa shape index (κ2) is 12.0. The minimum atomic E-state index is -4.57. The van der Waals surface area contributed by atoms with Crippen molar-refractivity contribution in [3.05, 3.63) is 71.3 Å². The van der Waals surface area contributed by atoms with E-state index in [0.717, 1.165) is 11.0 Å². The van der Waals surface area contributed by atoms with Gasteiger partial charge in [0.1, 0.15) is 29.6 Å². The van der Waals surface area contributed by atoms with E-state index in [4.69, 9.17) is 4.52 Å². The summed E-state index contributed by atoms with van der Waals surface area (Å²) in [6.45, 7) is 2.71. The Morgan fingerprint density at radius 2 is 1.98 bits per heavy atom. The van der Waals surface area contributed by atoms with Crippen LogP contribution in [0.15, 0.2) is 47.4 Å². The molecule has 4 aromatic rings. The van der Waals surface area contributed by atoms with Gasteiger partial charge in [-0.25, -0.2) is 9.97 Å². The van der Waals surface area contributed by atoms with E-state index in [9.17, 15) is 27.6 Å². The molecule has 0 aliphatic heterocycles. The number of pyridine rings is 2. The van der Waals surface area contributed by atoms with Crippen LogP contribution in [0.2, 0.25) is 0 Å². The third-order valence-corrected chi connectivity index (χ3v) is 6.07. The van der Waals surface area contributed by atoms with E-state index in [0.29, 0.717) is 24.2 Å². The number of aryl methyl sites for hydroxylation is 2. The summed E-state index contributed by atoms with van der Waals surface area (Å²) in [4.78, 5) is 50.5. The first-order chi connectivity index (χ1) is 19.5. The van der Waals surface area contributed by atoms with E-state index < -0.39 is 23.7 Å². The molecule has 0 aromatic carbocycles. The maximum atomic E-state index is 13.4. The zero-order valence-electron chi connectivity index (χ0n) is 22.1. The van der Waals surface area contributed by atoms with Crippen molar-refractivity contribution in [1.82, 2.24) is 29.6 Å². The number of carbonyl (C=O) groups excluding carboxylic acids is 3. The molecule has 12 nitrogen and oxygen atoms in total. The lowest BCUT2D eigenvalue weighted by Gasteiger charge is -2.20. The van der Waals surface area contributed by atoms with Gasteiger partial charge in [-0.15, -0.1) is 0 Å². The topological polar surface area (TPSA) is 148 Å². The minimum absolute atomic E-state index is 0.0502. The monoisotopic (exact) mass is 570 g/mol. The lowest BCUT2D eigenvalue weighted by molar-refractivity contribution is -0.138. The lowest BCUT2D eigenvalue weighted by atomic mass is 10.1. The molecular weight excluding hydrogens is 545 g/mol. The van der Waals surface area contributed by atoms with Crippen LogP contribution in [-0.2, 0) is 22.3 Å². The van der Waals surface area contributed by atoms with E-state index in [1.807, 2.05) is 0 Å². The number of rotatable bonds is 11. The van der Waals surface area contributed by atoms with Crippen LogP contribution in [0.1, 0.15) is 39.2 Å².